The smallest absolute Gasteiger partial charge is 0.141 e. The lowest BCUT2D eigenvalue weighted by Crippen LogP contribution is -1.92. The molecule has 0 aliphatic heterocycles. The average molecular weight is 148 g/mol. The first-order chi connectivity index (χ1) is 5.29. The molecular weight excluding hydrogens is 140 g/mol. The molecule has 0 amide bonds. The monoisotopic (exact) mass is 148 g/mol. The van der Waals surface area contributed by atoms with Crippen molar-refractivity contribution in [1.82, 2.24) is 4.98 Å². The van der Waals surface area contributed by atoms with Crippen LogP contribution in [0, 0.1) is 6.92 Å². The minimum absolute atomic E-state index is 0.535. The van der Waals surface area contributed by atoms with Gasteiger partial charge >= 0.3 is 0 Å². The zero-order valence-electron chi connectivity index (χ0n) is 6.16. The Balaban J connectivity index is 2.93. The lowest BCUT2D eigenvalue weighted by Gasteiger charge is -1.96. The van der Waals surface area contributed by atoms with Crippen molar-refractivity contribution in [2.75, 3.05) is 5.73 Å². The Bertz CT molecular complexity index is 392. The van der Waals surface area contributed by atoms with Gasteiger partial charge < -0.3 is 10.2 Å². The molecule has 0 fully saturated rings. The second-order valence-corrected chi connectivity index (χ2v) is 2.47. The molecular formula is C8H8N2O. The van der Waals surface area contributed by atoms with Crippen molar-refractivity contribution in [2.45, 2.75) is 6.92 Å². The summed E-state index contributed by atoms with van der Waals surface area (Å²) in [6, 6.07) is 1.87. The molecule has 0 aromatic carbocycles. The summed E-state index contributed by atoms with van der Waals surface area (Å²) in [5.74, 6) is 0.535. The Morgan fingerprint density at radius 3 is 3.18 bits per heavy atom. The van der Waals surface area contributed by atoms with Gasteiger partial charge in [0.25, 0.3) is 0 Å². The third-order valence-corrected chi connectivity index (χ3v) is 1.76. The first kappa shape index (κ1) is 6.22. The van der Waals surface area contributed by atoms with Crippen molar-refractivity contribution in [3.05, 3.63) is 24.1 Å². The van der Waals surface area contributed by atoms with Gasteiger partial charge in [-0.3, -0.25) is 0 Å². The average Bonchev–Trinajstić information content (AvgIpc) is 2.45. The van der Waals surface area contributed by atoms with Crippen LogP contribution in [0.1, 0.15) is 5.56 Å². The van der Waals surface area contributed by atoms with Crippen molar-refractivity contribution in [3.63, 3.8) is 0 Å². The summed E-state index contributed by atoms with van der Waals surface area (Å²) in [6.07, 6.45) is 3.35. The maximum atomic E-state index is 5.57. The SMILES string of the molecule is Cc1c(N)ncc2ccoc12. The molecule has 3 nitrogen and oxygen atoms in total. The summed E-state index contributed by atoms with van der Waals surface area (Å²) >= 11 is 0. The van der Waals surface area contributed by atoms with Gasteiger partial charge in [-0.15, -0.1) is 0 Å². The fourth-order valence-corrected chi connectivity index (χ4v) is 1.08. The van der Waals surface area contributed by atoms with Crippen LogP contribution in [0.3, 0.4) is 0 Å². The third kappa shape index (κ3) is 0.774. The van der Waals surface area contributed by atoms with Gasteiger partial charge in [-0.1, -0.05) is 0 Å². The molecule has 0 spiro atoms. The standard InChI is InChI=1S/C8H8N2O/c1-5-7-6(2-3-11-7)4-10-8(5)9/h2-4H,1H3,(H2,9,10). The summed E-state index contributed by atoms with van der Waals surface area (Å²) in [5.41, 5.74) is 7.31. The highest BCUT2D eigenvalue weighted by molar-refractivity contribution is 5.82. The van der Waals surface area contributed by atoms with Crippen LogP contribution in [0.15, 0.2) is 22.9 Å². The molecule has 0 aliphatic carbocycles. The molecule has 3 heteroatoms. The van der Waals surface area contributed by atoms with Crippen LogP contribution in [-0.2, 0) is 0 Å². The molecule has 11 heavy (non-hydrogen) atoms. The number of aryl methyl sites for hydroxylation is 1. The molecule has 56 valence electrons. The number of fused-ring (bicyclic) bond motifs is 1. The van der Waals surface area contributed by atoms with E-state index in [-0.39, 0.29) is 0 Å². The molecule has 2 N–H and O–H groups in total. The number of anilines is 1. The largest absolute Gasteiger partial charge is 0.464 e. The van der Waals surface area contributed by atoms with Crippen LogP contribution in [0.25, 0.3) is 11.0 Å². The van der Waals surface area contributed by atoms with E-state index in [1.54, 1.807) is 12.5 Å². The molecule has 2 heterocycles. The van der Waals surface area contributed by atoms with Crippen LogP contribution in [0.4, 0.5) is 5.82 Å². The van der Waals surface area contributed by atoms with Gasteiger partial charge in [0, 0.05) is 17.1 Å². The quantitative estimate of drug-likeness (QED) is 0.618. The number of rotatable bonds is 0. The van der Waals surface area contributed by atoms with Crippen molar-refractivity contribution < 1.29 is 4.42 Å². The van der Waals surface area contributed by atoms with E-state index in [0.29, 0.717) is 5.82 Å². The molecule has 0 unspecified atom stereocenters. The van der Waals surface area contributed by atoms with Gasteiger partial charge in [-0.05, 0) is 13.0 Å². The molecule has 0 saturated heterocycles. The maximum absolute atomic E-state index is 5.57. The van der Waals surface area contributed by atoms with E-state index in [1.807, 2.05) is 13.0 Å². The second-order valence-electron chi connectivity index (χ2n) is 2.47. The first-order valence-electron chi connectivity index (χ1n) is 3.37. The highest BCUT2D eigenvalue weighted by Gasteiger charge is 2.03. The van der Waals surface area contributed by atoms with Crippen LogP contribution >= 0.6 is 0 Å². The molecule has 0 radical (unpaired) electrons. The Morgan fingerprint density at radius 2 is 2.36 bits per heavy atom. The van der Waals surface area contributed by atoms with E-state index in [2.05, 4.69) is 4.98 Å². The summed E-state index contributed by atoms with van der Waals surface area (Å²) in [5, 5.41) is 0.997. The molecule has 0 bridgehead atoms. The fraction of sp³-hybridized carbons (Fsp3) is 0.125. The molecule has 2 rings (SSSR count). The van der Waals surface area contributed by atoms with Gasteiger partial charge in [-0.2, -0.15) is 0 Å². The second kappa shape index (κ2) is 1.99. The Hall–Kier alpha value is -1.51. The zero-order chi connectivity index (χ0) is 7.84. The zero-order valence-corrected chi connectivity index (χ0v) is 6.16. The molecule has 2 aromatic rings. The Kier molecular flexibility index (Phi) is 1.12. The van der Waals surface area contributed by atoms with Gasteiger partial charge in [0.05, 0.1) is 6.26 Å². The predicted molar refractivity (Wildman–Crippen MR) is 43.2 cm³/mol. The number of hydrogen-bond donors (Lipinski definition) is 1. The fourth-order valence-electron chi connectivity index (χ4n) is 1.08. The third-order valence-electron chi connectivity index (χ3n) is 1.76. The maximum Gasteiger partial charge on any atom is 0.141 e. The molecule has 0 aliphatic rings. The number of nitrogens with two attached hydrogens (primary N) is 1. The van der Waals surface area contributed by atoms with Crippen molar-refractivity contribution in [3.8, 4) is 0 Å². The topological polar surface area (TPSA) is 52.0 Å². The number of pyridine rings is 1. The Labute approximate surface area is 63.8 Å². The number of aromatic nitrogens is 1. The normalized spacial score (nSPS) is 10.6. The van der Waals surface area contributed by atoms with Crippen molar-refractivity contribution in [2.24, 2.45) is 0 Å². The van der Waals surface area contributed by atoms with E-state index in [9.17, 15) is 0 Å². The van der Waals surface area contributed by atoms with E-state index < -0.39 is 0 Å². The van der Waals surface area contributed by atoms with Crippen LogP contribution in [0.5, 0.6) is 0 Å². The number of furan rings is 1. The van der Waals surface area contributed by atoms with E-state index in [1.165, 1.54) is 0 Å². The van der Waals surface area contributed by atoms with Crippen LogP contribution < -0.4 is 5.73 Å². The lowest BCUT2D eigenvalue weighted by atomic mass is 10.2. The van der Waals surface area contributed by atoms with Crippen LogP contribution in [0.2, 0.25) is 0 Å². The van der Waals surface area contributed by atoms with Crippen molar-refractivity contribution in [1.29, 1.82) is 0 Å². The summed E-state index contributed by atoms with van der Waals surface area (Å²) < 4.78 is 5.21. The minimum Gasteiger partial charge on any atom is -0.464 e. The van der Waals surface area contributed by atoms with Crippen molar-refractivity contribution >= 4 is 16.8 Å². The minimum atomic E-state index is 0.535. The van der Waals surface area contributed by atoms with E-state index in [4.69, 9.17) is 10.2 Å². The highest BCUT2D eigenvalue weighted by Crippen LogP contribution is 2.21. The number of nitrogen functional groups attached to an aromatic ring is 1. The number of hydrogen-bond acceptors (Lipinski definition) is 3. The van der Waals surface area contributed by atoms with Gasteiger partial charge in [-0.25, -0.2) is 4.98 Å². The molecule has 0 saturated carbocycles. The van der Waals surface area contributed by atoms with Gasteiger partial charge in [0.1, 0.15) is 11.4 Å². The highest BCUT2D eigenvalue weighted by atomic mass is 16.3. The number of nitrogens with zero attached hydrogens (tertiary/aromatic N) is 1. The van der Waals surface area contributed by atoms with Crippen LogP contribution in [-0.4, -0.2) is 4.98 Å². The summed E-state index contributed by atoms with van der Waals surface area (Å²) in [6.45, 7) is 1.90. The van der Waals surface area contributed by atoms with Gasteiger partial charge in [0.2, 0.25) is 0 Å². The first-order valence-corrected chi connectivity index (χ1v) is 3.37. The van der Waals surface area contributed by atoms with Gasteiger partial charge in [0.15, 0.2) is 0 Å². The molecule has 2 aromatic heterocycles. The van der Waals surface area contributed by atoms with E-state index in [0.717, 1.165) is 16.5 Å². The summed E-state index contributed by atoms with van der Waals surface area (Å²) in [4.78, 5) is 4.00. The molecule has 0 atom stereocenters. The van der Waals surface area contributed by atoms with E-state index >= 15 is 0 Å². The lowest BCUT2D eigenvalue weighted by molar-refractivity contribution is 0.613. The summed E-state index contributed by atoms with van der Waals surface area (Å²) in [7, 11) is 0. The Morgan fingerprint density at radius 1 is 1.55 bits per heavy atom. The predicted octanol–water partition coefficient (Wildman–Crippen LogP) is 1.72.